The van der Waals surface area contributed by atoms with Crippen LogP contribution in [0.1, 0.15) is 23.6 Å². The number of rotatable bonds is 8. The lowest BCUT2D eigenvalue weighted by atomic mass is 10.1. The van der Waals surface area contributed by atoms with Gasteiger partial charge in [0, 0.05) is 5.69 Å². The van der Waals surface area contributed by atoms with Crippen molar-refractivity contribution in [3.05, 3.63) is 89.1 Å². The average molecular weight is 502 g/mol. The van der Waals surface area contributed by atoms with Crippen molar-refractivity contribution in [3.63, 3.8) is 0 Å². The highest BCUT2D eigenvalue weighted by molar-refractivity contribution is 7.80. The summed E-state index contributed by atoms with van der Waals surface area (Å²) >= 11 is 5.45. The number of carbonyl (C=O) groups excluding carboxylic acids is 2. The van der Waals surface area contributed by atoms with Crippen molar-refractivity contribution >= 4 is 46.6 Å². The smallest absolute Gasteiger partial charge is 0.281 e. The van der Waals surface area contributed by atoms with Crippen LogP contribution in [0.3, 0.4) is 0 Å². The van der Waals surface area contributed by atoms with Crippen LogP contribution in [0.4, 0.5) is 11.4 Å². The van der Waals surface area contributed by atoms with Gasteiger partial charge in [0.2, 0.25) is 0 Å². The summed E-state index contributed by atoms with van der Waals surface area (Å²) in [5.41, 5.74) is 4.59. The number of aryl methyl sites for hydroxylation is 2. The molecule has 0 bridgehead atoms. The highest BCUT2D eigenvalue weighted by Gasteiger charge is 2.33. The van der Waals surface area contributed by atoms with E-state index in [1.807, 2.05) is 62.4 Å². The number of para-hydroxylation sites is 2. The van der Waals surface area contributed by atoms with Gasteiger partial charge in [-0.15, -0.1) is 0 Å². The highest BCUT2D eigenvalue weighted by atomic mass is 32.1. The van der Waals surface area contributed by atoms with Gasteiger partial charge < -0.3 is 20.1 Å². The first-order valence-electron chi connectivity index (χ1n) is 11.5. The fraction of sp³-hybridized carbons (Fsp3) is 0.179. The number of carbonyl (C=O) groups is 2. The summed E-state index contributed by atoms with van der Waals surface area (Å²) in [6.07, 6.45) is 2.49. The van der Waals surface area contributed by atoms with Crippen LogP contribution in [-0.2, 0) is 16.0 Å². The molecule has 0 atom stereocenters. The zero-order chi connectivity index (χ0) is 25.7. The third-order valence-corrected chi connectivity index (χ3v) is 6.05. The second-order valence-electron chi connectivity index (χ2n) is 8.17. The minimum absolute atomic E-state index is 0.175. The number of benzene rings is 3. The van der Waals surface area contributed by atoms with E-state index in [0.717, 1.165) is 28.9 Å². The molecule has 1 fully saturated rings. The van der Waals surface area contributed by atoms with Gasteiger partial charge in [-0.1, -0.05) is 49.4 Å². The van der Waals surface area contributed by atoms with Crippen molar-refractivity contribution in [2.75, 3.05) is 23.9 Å². The van der Waals surface area contributed by atoms with Gasteiger partial charge in [0.05, 0.1) is 12.8 Å². The second-order valence-corrected chi connectivity index (χ2v) is 8.56. The highest BCUT2D eigenvalue weighted by Crippen LogP contribution is 2.31. The van der Waals surface area contributed by atoms with Gasteiger partial charge in [0.1, 0.15) is 5.70 Å². The van der Waals surface area contributed by atoms with Crippen molar-refractivity contribution in [1.29, 1.82) is 0 Å². The molecule has 3 aromatic rings. The van der Waals surface area contributed by atoms with Crippen LogP contribution in [0.15, 0.2) is 72.4 Å². The number of ether oxygens (including phenoxy) is 2. The van der Waals surface area contributed by atoms with E-state index in [4.69, 9.17) is 21.7 Å². The lowest BCUT2D eigenvalue weighted by Crippen LogP contribution is -2.31. The Morgan fingerprint density at radius 3 is 2.58 bits per heavy atom. The first kappa shape index (κ1) is 24.9. The Kier molecular flexibility index (Phi) is 7.65. The zero-order valence-electron chi connectivity index (χ0n) is 20.3. The lowest BCUT2D eigenvalue weighted by Gasteiger charge is -2.17. The number of nitrogens with one attached hydrogen (secondary N) is 2. The maximum atomic E-state index is 13.2. The number of anilines is 2. The minimum Gasteiger partial charge on any atom is -0.493 e. The van der Waals surface area contributed by atoms with Gasteiger partial charge in [-0.3, -0.25) is 14.5 Å². The molecule has 7 nitrogen and oxygen atoms in total. The number of methoxy groups -OCH3 is 1. The third-order valence-electron chi connectivity index (χ3n) is 5.77. The summed E-state index contributed by atoms with van der Waals surface area (Å²) in [4.78, 5) is 27.0. The monoisotopic (exact) mass is 501 g/mol. The number of hydrogen-bond acceptors (Lipinski definition) is 5. The van der Waals surface area contributed by atoms with Gasteiger partial charge in [0.25, 0.3) is 11.8 Å². The molecule has 1 aliphatic rings. The molecule has 1 aliphatic heterocycles. The molecule has 2 N–H and O–H groups in total. The van der Waals surface area contributed by atoms with Crippen molar-refractivity contribution in [2.24, 2.45) is 0 Å². The molecular weight excluding hydrogens is 474 g/mol. The van der Waals surface area contributed by atoms with E-state index in [-0.39, 0.29) is 18.4 Å². The van der Waals surface area contributed by atoms with Crippen LogP contribution >= 0.6 is 12.2 Å². The SMILES string of the molecule is CCc1ccccc1N1C(=O)/C(=C\c2ccc(OCC(=O)Nc3ccccc3C)c(OC)c2)NC1=S. The summed E-state index contributed by atoms with van der Waals surface area (Å²) in [5, 5.41) is 6.18. The molecule has 4 rings (SSSR count). The molecule has 2 amide bonds. The van der Waals surface area contributed by atoms with Crippen LogP contribution in [0.25, 0.3) is 6.08 Å². The summed E-state index contributed by atoms with van der Waals surface area (Å²) in [7, 11) is 1.52. The van der Waals surface area contributed by atoms with E-state index in [0.29, 0.717) is 27.9 Å². The minimum atomic E-state index is -0.278. The van der Waals surface area contributed by atoms with Gasteiger partial charge in [-0.25, -0.2) is 0 Å². The van der Waals surface area contributed by atoms with Crippen LogP contribution < -0.4 is 25.0 Å². The predicted octanol–water partition coefficient (Wildman–Crippen LogP) is 4.85. The maximum absolute atomic E-state index is 13.2. The van der Waals surface area contributed by atoms with E-state index in [1.165, 1.54) is 12.0 Å². The summed E-state index contributed by atoms with van der Waals surface area (Å²) in [5.74, 6) is 0.348. The molecular formula is C28H27N3O4S. The van der Waals surface area contributed by atoms with Crippen LogP contribution in [0, 0.1) is 6.92 Å². The van der Waals surface area contributed by atoms with Gasteiger partial charge in [-0.2, -0.15) is 0 Å². The standard InChI is InChI=1S/C28H27N3O4S/c1-4-20-10-6-8-12-23(20)31-27(33)22(30-28(31)36)15-19-13-14-24(25(16-19)34-3)35-17-26(32)29-21-11-7-5-9-18(21)2/h5-16H,4,17H2,1-3H3,(H,29,32)(H,30,36)/b22-15+. The largest absolute Gasteiger partial charge is 0.493 e. The number of thiocarbonyl (C=S) groups is 1. The van der Waals surface area contributed by atoms with E-state index in [9.17, 15) is 9.59 Å². The second kappa shape index (κ2) is 11.0. The Morgan fingerprint density at radius 2 is 1.83 bits per heavy atom. The Morgan fingerprint density at radius 1 is 1.08 bits per heavy atom. The quantitative estimate of drug-likeness (QED) is 0.340. The van der Waals surface area contributed by atoms with Crippen LogP contribution in [0.5, 0.6) is 11.5 Å². The maximum Gasteiger partial charge on any atom is 0.281 e. The van der Waals surface area contributed by atoms with E-state index >= 15 is 0 Å². The molecule has 0 saturated carbocycles. The van der Waals surface area contributed by atoms with E-state index in [2.05, 4.69) is 10.6 Å². The van der Waals surface area contributed by atoms with Gasteiger partial charge >= 0.3 is 0 Å². The molecule has 0 spiro atoms. The number of nitrogens with zero attached hydrogens (tertiary/aromatic N) is 1. The summed E-state index contributed by atoms with van der Waals surface area (Å²) in [6, 6.07) is 20.4. The fourth-order valence-electron chi connectivity index (χ4n) is 3.88. The van der Waals surface area contributed by atoms with Crippen LogP contribution in [-0.4, -0.2) is 30.6 Å². The molecule has 184 valence electrons. The van der Waals surface area contributed by atoms with Crippen molar-refractivity contribution in [1.82, 2.24) is 5.32 Å². The first-order valence-corrected chi connectivity index (χ1v) is 11.9. The molecule has 3 aromatic carbocycles. The molecule has 0 radical (unpaired) electrons. The number of hydrogen-bond donors (Lipinski definition) is 2. The molecule has 1 saturated heterocycles. The zero-order valence-corrected chi connectivity index (χ0v) is 21.1. The number of amides is 2. The van der Waals surface area contributed by atoms with Gasteiger partial charge in [-0.05, 0) is 72.6 Å². The predicted molar refractivity (Wildman–Crippen MR) is 145 cm³/mol. The molecule has 36 heavy (non-hydrogen) atoms. The molecule has 0 aromatic heterocycles. The normalized spacial score (nSPS) is 14.1. The third kappa shape index (κ3) is 5.39. The molecule has 8 heteroatoms. The first-order chi connectivity index (χ1) is 17.4. The van der Waals surface area contributed by atoms with Crippen molar-refractivity contribution in [2.45, 2.75) is 20.3 Å². The van der Waals surface area contributed by atoms with Crippen LogP contribution in [0.2, 0.25) is 0 Å². The Hall–Kier alpha value is -4.17. The molecule has 0 aliphatic carbocycles. The topological polar surface area (TPSA) is 79.9 Å². The summed E-state index contributed by atoms with van der Waals surface area (Å²) < 4.78 is 11.2. The Labute approximate surface area is 215 Å². The summed E-state index contributed by atoms with van der Waals surface area (Å²) in [6.45, 7) is 3.78. The molecule has 1 heterocycles. The average Bonchev–Trinajstić information content (AvgIpc) is 3.16. The van der Waals surface area contributed by atoms with E-state index in [1.54, 1.807) is 24.3 Å². The van der Waals surface area contributed by atoms with Crippen molar-refractivity contribution in [3.8, 4) is 11.5 Å². The lowest BCUT2D eigenvalue weighted by molar-refractivity contribution is -0.118. The van der Waals surface area contributed by atoms with Crippen molar-refractivity contribution < 1.29 is 19.1 Å². The van der Waals surface area contributed by atoms with Gasteiger partial charge in [0.15, 0.2) is 23.2 Å². The Bertz CT molecular complexity index is 1350. The van der Waals surface area contributed by atoms with E-state index < -0.39 is 0 Å². The fourth-order valence-corrected chi connectivity index (χ4v) is 4.18. The Balaban J connectivity index is 1.47. The molecule has 0 unspecified atom stereocenters.